The first kappa shape index (κ1) is 21.7. The van der Waals surface area contributed by atoms with E-state index in [1.807, 2.05) is 59.2 Å². The van der Waals surface area contributed by atoms with Gasteiger partial charge in [0.15, 0.2) is 0 Å². The molecule has 1 N–H and O–H groups in total. The van der Waals surface area contributed by atoms with Crippen LogP contribution in [-0.4, -0.2) is 38.1 Å². The second kappa shape index (κ2) is 9.02. The number of halogens is 2. The van der Waals surface area contributed by atoms with Crippen molar-refractivity contribution >= 4 is 29.1 Å². The van der Waals surface area contributed by atoms with E-state index in [0.717, 1.165) is 22.4 Å². The fraction of sp³-hybridized carbons (Fsp3) is 0.154. The van der Waals surface area contributed by atoms with E-state index in [4.69, 9.17) is 28.2 Å². The van der Waals surface area contributed by atoms with Crippen molar-refractivity contribution in [2.75, 3.05) is 6.61 Å². The second-order valence-electron chi connectivity index (χ2n) is 8.02. The average molecular weight is 478 g/mol. The van der Waals surface area contributed by atoms with E-state index in [9.17, 15) is 9.90 Å². The van der Waals surface area contributed by atoms with E-state index in [0.29, 0.717) is 28.8 Å². The SMILES string of the molecule is O=C(c1cn(-c2ccc(Cl)cc2)c(-c2ccccc2Cl)n1)N1Cc2ccccc2C[C@H]1CO. The highest BCUT2D eigenvalue weighted by molar-refractivity contribution is 6.33. The van der Waals surface area contributed by atoms with Crippen molar-refractivity contribution in [3.05, 3.63) is 106 Å². The van der Waals surface area contributed by atoms with Gasteiger partial charge in [0.1, 0.15) is 11.5 Å². The smallest absolute Gasteiger partial charge is 0.274 e. The minimum atomic E-state index is -0.308. The Hall–Kier alpha value is -3.12. The Morgan fingerprint density at radius 1 is 0.970 bits per heavy atom. The lowest BCUT2D eigenvalue weighted by Crippen LogP contribution is -2.46. The molecule has 1 atom stereocenters. The number of aromatic nitrogens is 2. The highest BCUT2D eigenvalue weighted by atomic mass is 35.5. The third-order valence-corrected chi connectivity index (χ3v) is 6.55. The standard InChI is InChI=1S/C26H21Cl2N3O2/c27-19-9-11-20(12-10-19)30-15-24(29-25(30)22-7-3-4-8-23(22)28)26(33)31-14-18-6-2-1-5-17(18)13-21(31)16-32/h1-12,15,21,32H,13-14,16H2/t21-/m0/s1. The Kier molecular flexibility index (Phi) is 5.94. The summed E-state index contributed by atoms with van der Waals surface area (Å²) in [5, 5.41) is 11.2. The summed E-state index contributed by atoms with van der Waals surface area (Å²) in [5.41, 5.74) is 4.06. The number of aliphatic hydroxyl groups excluding tert-OH is 1. The molecule has 0 bridgehead atoms. The summed E-state index contributed by atoms with van der Waals surface area (Å²) in [6.07, 6.45) is 2.33. The maximum atomic E-state index is 13.6. The van der Waals surface area contributed by atoms with Gasteiger partial charge in [0.05, 0.1) is 17.7 Å². The normalized spacial score (nSPS) is 15.4. The van der Waals surface area contributed by atoms with Crippen molar-refractivity contribution in [3.8, 4) is 17.1 Å². The fourth-order valence-electron chi connectivity index (χ4n) is 4.25. The number of fused-ring (bicyclic) bond motifs is 1. The molecule has 0 aliphatic carbocycles. The number of carbonyl (C=O) groups is 1. The van der Waals surface area contributed by atoms with Gasteiger partial charge in [-0.1, -0.05) is 59.6 Å². The molecule has 4 aromatic rings. The highest BCUT2D eigenvalue weighted by Gasteiger charge is 2.31. The van der Waals surface area contributed by atoms with Gasteiger partial charge >= 0.3 is 0 Å². The predicted octanol–water partition coefficient (Wildman–Crippen LogP) is 5.41. The molecule has 1 aliphatic rings. The molecule has 1 aliphatic heterocycles. The first-order valence-corrected chi connectivity index (χ1v) is 11.4. The predicted molar refractivity (Wildman–Crippen MR) is 130 cm³/mol. The Balaban J connectivity index is 1.58. The fourth-order valence-corrected chi connectivity index (χ4v) is 4.60. The van der Waals surface area contributed by atoms with Gasteiger partial charge in [-0.15, -0.1) is 0 Å². The van der Waals surface area contributed by atoms with Crippen LogP contribution in [0.15, 0.2) is 79.0 Å². The van der Waals surface area contributed by atoms with E-state index in [2.05, 4.69) is 0 Å². The first-order valence-electron chi connectivity index (χ1n) is 10.6. The van der Waals surface area contributed by atoms with Crippen molar-refractivity contribution in [1.82, 2.24) is 14.5 Å². The first-order chi connectivity index (χ1) is 16.0. The minimum absolute atomic E-state index is 0.116. The van der Waals surface area contributed by atoms with Gasteiger partial charge < -0.3 is 10.0 Å². The van der Waals surface area contributed by atoms with Crippen LogP contribution >= 0.6 is 23.2 Å². The molecule has 0 radical (unpaired) electrons. The van der Waals surface area contributed by atoms with Crippen LogP contribution in [-0.2, 0) is 13.0 Å². The van der Waals surface area contributed by atoms with Gasteiger partial charge in [-0.3, -0.25) is 9.36 Å². The average Bonchev–Trinajstić information content (AvgIpc) is 3.28. The molecule has 33 heavy (non-hydrogen) atoms. The van der Waals surface area contributed by atoms with E-state index in [1.165, 1.54) is 0 Å². The zero-order valence-electron chi connectivity index (χ0n) is 17.7. The summed E-state index contributed by atoms with van der Waals surface area (Å²) >= 11 is 12.6. The third-order valence-electron chi connectivity index (χ3n) is 5.97. The molecule has 7 heteroatoms. The molecule has 0 saturated heterocycles. The van der Waals surface area contributed by atoms with E-state index in [-0.39, 0.29) is 24.2 Å². The summed E-state index contributed by atoms with van der Waals surface area (Å²) in [5.74, 6) is 0.328. The lowest BCUT2D eigenvalue weighted by Gasteiger charge is -2.35. The molecule has 0 spiro atoms. The molecular weight excluding hydrogens is 457 g/mol. The van der Waals surface area contributed by atoms with Crippen LogP contribution in [0.5, 0.6) is 0 Å². The molecule has 1 amide bonds. The molecule has 166 valence electrons. The Morgan fingerprint density at radius 2 is 1.67 bits per heavy atom. The van der Waals surface area contributed by atoms with Gasteiger partial charge in [0, 0.05) is 29.0 Å². The van der Waals surface area contributed by atoms with Crippen LogP contribution in [0.3, 0.4) is 0 Å². The van der Waals surface area contributed by atoms with Crippen molar-refractivity contribution < 1.29 is 9.90 Å². The lowest BCUT2D eigenvalue weighted by molar-refractivity contribution is 0.0539. The van der Waals surface area contributed by atoms with E-state index >= 15 is 0 Å². The molecule has 0 unspecified atom stereocenters. The minimum Gasteiger partial charge on any atom is -0.394 e. The summed E-state index contributed by atoms with van der Waals surface area (Å²) < 4.78 is 1.84. The van der Waals surface area contributed by atoms with Gasteiger partial charge in [-0.25, -0.2) is 4.98 Å². The molecule has 5 nitrogen and oxygen atoms in total. The number of benzene rings is 3. The van der Waals surface area contributed by atoms with Crippen LogP contribution in [0.4, 0.5) is 0 Å². The Labute approximate surface area is 201 Å². The molecule has 3 aromatic carbocycles. The van der Waals surface area contributed by atoms with Crippen LogP contribution in [0.25, 0.3) is 17.1 Å². The number of rotatable bonds is 4. The van der Waals surface area contributed by atoms with Gasteiger partial charge in [-0.05, 0) is 53.9 Å². The zero-order valence-corrected chi connectivity index (χ0v) is 19.2. The van der Waals surface area contributed by atoms with Crippen LogP contribution < -0.4 is 0 Å². The zero-order chi connectivity index (χ0) is 22.9. The highest BCUT2D eigenvalue weighted by Crippen LogP contribution is 2.31. The summed E-state index contributed by atoms with van der Waals surface area (Å²) in [7, 11) is 0. The van der Waals surface area contributed by atoms with Gasteiger partial charge in [-0.2, -0.15) is 0 Å². The third kappa shape index (κ3) is 4.15. The van der Waals surface area contributed by atoms with Crippen molar-refractivity contribution in [1.29, 1.82) is 0 Å². The lowest BCUT2D eigenvalue weighted by atomic mass is 9.94. The largest absolute Gasteiger partial charge is 0.394 e. The quantitative estimate of drug-likeness (QED) is 0.427. The maximum absolute atomic E-state index is 13.6. The molecule has 5 rings (SSSR count). The summed E-state index contributed by atoms with van der Waals surface area (Å²) in [6.45, 7) is 0.310. The number of amides is 1. The summed E-state index contributed by atoms with van der Waals surface area (Å²) in [6, 6.07) is 22.4. The maximum Gasteiger partial charge on any atom is 0.274 e. The van der Waals surface area contributed by atoms with Crippen molar-refractivity contribution in [2.24, 2.45) is 0 Å². The van der Waals surface area contributed by atoms with E-state index in [1.54, 1.807) is 29.3 Å². The van der Waals surface area contributed by atoms with Gasteiger partial charge in [0.2, 0.25) is 0 Å². The molecule has 0 saturated carbocycles. The topological polar surface area (TPSA) is 58.4 Å². The van der Waals surface area contributed by atoms with Crippen molar-refractivity contribution in [2.45, 2.75) is 19.0 Å². The van der Waals surface area contributed by atoms with Crippen LogP contribution in [0.2, 0.25) is 10.0 Å². The number of nitrogens with zero attached hydrogens (tertiary/aromatic N) is 3. The summed E-state index contributed by atoms with van der Waals surface area (Å²) in [4.78, 5) is 20.0. The Morgan fingerprint density at radius 3 is 2.39 bits per heavy atom. The number of aliphatic hydroxyl groups is 1. The van der Waals surface area contributed by atoms with E-state index < -0.39 is 0 Å². The molecular formula is C26H21Cl2N3O2. The van der Waals surface area contributed by atoms with Gasteiger partial charge in [0.25, 0.3) is 5.91 Å². The molecule has 1 aromatic heterocycles. The Bertz CT molecular complexity index is 1320. The van der Waals surface area contributed by atoms with Crippen LogP contribution in [0.1, 0.15) is 21.6 Å². The van der Waals surface area contributed by atoms with Crippen LogP contribution in [0, 0.1) is 0 Å². The number of imidazole rings is 1. The molecule has 0 fully saturated rings. The number of carbonyl (C=O) groups excluding carboxylic acids is 1. The number of hydrogen-bond donors (Lipinski definition) is 1. The molecule has 2 heterocycles. The number of hydrogen-bond acceptors (Lipinski definition) is 3. The second-order valence-corrected chi connectivity index (χ2v) is 8.86. The monoisotopic (exact) mass is 477 g/mol. The van der Waals surface area contributed by atoms with Crippen molar-refractivity contribution in [3.63, 3.8) is 0 Å².